The van der Waals surface area contributed by atoms with Gasteiger partial charge in [-0.1, -0.05) is 19.9 Å². The molecule has 0 fully saturated rings. The molecule has 2 heteroatoms. The highest BCUT2D eigenvalue weighted by Gasteiger charge is 2.34. The minimum Gasteiger partial charge on any atom is -0.487 e. The highest BCUT2D eigenvalue weighted by atomic mass is 16.5. The van der Waals surface area contributed by atoms with Crippen molar-refractivity contribution in [3.63, 3.8) is 0 Å². The molecule has 112 valence electrons. The van der Waals surface area contributed by atoms with E-state index in [2.05, 4.69) is 59.0 Å². The van der Waals surface area contributed by atoms with Gasteiger partial charge in [0.15, 0.2) is 0 Å². The van der Waals surface area contributed by atoms with Crippen LogP contribution in [0.15, 0.2) is 12.1 Å². The average Bonchev–Trinajstić information content (AvgIpc) is 2.24. The van der Waals surface area contributed by atoms with Crippen molar-refractivity contribution in [3.05, 3.63) is 28.8 Å². The normalized spacial score (nSPS) is 20.6. The summed E-state index contributed by atoms with van der Waals surface area (Å²) in [5, 5.41) is 3.75. The molecule has 0 radical (unpaired) electrons. The van der Waals surface area contributed by atoms with Crippen LogP contribution in [0.25, 0.3) is 0 Å². The minimum atomic E-state index is -0.0945. The zero-order valence-electron chi connectivity index (χ0n) is 13.8. The van der Waals surface area contributed by atoms with Crippen LogP contribution in [-0.2, 0) is 0 Å². The van der Waals surface area contributed by atoms with Crippen molar-refractivity contribution in [1.29, 1.82) is 0 Å². The van der Waals surface area contributed by atoms with E-state index in [0.717, 1.165) is 24.6 Å². The van der Waals surface area contributed by atoms with Crippen LogP contribution in [0.5, 0.6) is 5.75 Å². The third kappa shape index (κ3) is 3.54. The Kier molecular flexibility index (Phi) is 4.43. The molecule has 0 aliphatic carbocycles. The number of benzene rings is 1. The first-order valence-corrected chi connectivity index (χ1v) is 7.82. The molecule has 0 saturated heterocycles. The molecule has 1 atom stereocenters. The zero-order chi connectivity index (χ0) is 14.9. The molecule has 1 heterocycles. The standard InChI is InChI=1S/C18H29NO/c1-12(2)7-8-19-15-11-18(5,6)20-16-10-13(3)9-14(4)17(15)16/h9-10,12,15,19H,7-8,11H2,1-6H3. The number of hydrogen-bond donors (Lipinski definition) is 1. The van der Waals surface area contributed by atoms with Crippen LogP contribution in [0.4, 0.5) is 0 Å². The third-order valence-corrected chi connectivity index (χ3v) is 4.04. The van der Waals surface area contributed by atoms with Gasteiger partial charge in [0.2, 0.25) is 0 Å². The van der Waals surface area contributed by atoms with Crippen molar-refractivity contribution in [1.82, 2.24) is 5.32 Å². The van der Waals surface area contributed by atoms with E-state index in [4.69, 9.17) is 4.74 Å². The van der Waals surface area contributed by atoms with Gasteiger partial charge in [-0.05, 0) is 63.8 Å². The fourth-order valence-electron chi connectivity index (χ4n) is 3.12. The molecule has 1 unspecified atom stereocenters. The van der Waals surface area contributed by atoms with Crippen molar-refractivity contribution in [3.8, 4) is 5.75 Å². The largest absolute Gasteiger partial charge is 0.487 e. The summed E-state index contributed by atoms with van der Waals surface area (Å²) in [5.41, 5.74) is 3.89. The molecule has 1 aliphatic rings. The number of aryl methyl sites for hydroxylation is 2. The van der Waals surface area contributed by atoms with Crippen LogP contribution in [0.3, 0.4) is 0 Å². The van der Waals surface area contributed by atoms with E-state index < -0.39 is 0 Å². The maximum absolute atomic E-state index is 6.20. The second-order valence-electron chi connectivity index (χ2n) is 7.25. The fraction of sp³-hybridized carbons (Fsp3) is 0.667. The lowest BCUT2D eigenvalue weighted by atomic mass is 9.86. The molecule has 1 aromatic rings. The molecule has 2 nitrogen and oxygen atoms in total. The Balaban J connectivity index is 2.25. The zero-order valence-corrected chi connectivity index (χ0v) is 13.8. The second-order valence-corrected chi connectivity index (χ2v) is 7.25. The monoisotopic (exact) mass is 275 g/mol. The van der Waals surface area contributed by atoms with Gasteiger partial charge in [0.1, 0.15) is 11.4 Å². The van der Waals surface area contributed by atoms with Gasteiger partial charge in [-0.3, -0.25) is 0 Å². The Morgan fingerprint density at radius 1 is 1.30 bits per heavy atom. The Morgan fingerprint density at radius 2 is 2.00 bits per heavy atom. The smallest absolute Gasteiger partial charge is 0.125 e. The molecule has 20 heavy (non-hydrogen) atoms. The number of fused-ring (bicyclic) bond motifs is 1. The van der Waals surface area contributed by atoms with Gasteiger partial charge in [-0.15, -0.1) is 0 Å². The van der Waals surface area contributed by atoms with E-state index in [1.165, 1.54) is 23.1 Å². The van der Waals surface area contributed by atoms with Gasteiger partial charge in [0.25, 0.3) is 0 Å². The maximum atomic E-state index is 6.20. The summed E-state index contributed by atoms with van der Waals surface area (Å²) in [6, 6.07) is 4.85. The summed E-state index contributed by atoms with van der Waals surface area (Å²) >= 11 is 0. The van der Waals surface area contributed by atoms with Crippen LogP contribution in [-0.4, -0.2) is 12.1 Å². The summed E-state index contributed by atoms with van der Waals surface area (Å²) in [6.45, 7) is 14.3. The number of rotatable bonds is 4. The number of hydrogen-bond acceptors (Lipinski definition) is 2. The van der Waals surface area contributed by atoms with E-state index >= 15 is 0 Å². The van der Waals surface area contributed by atoms with Gasteiger partial charge < -0.3 is 10.1 Å². The van der Waals surface area contributed by atoms with Crippen LogP contribution in [0.2, 0.25) is 0 Å². The van der Waals surface area contributed by atoms with Gasteiger partial charge in [0, 0.05) is 18.0 Å². The van der Waals surface area contributed by atoms with Crippen molar-refractivity contribution < 1.29 is 4.74 Å². The molecule has 0 saturated carbocycles. The summed E-state index contributed by atoms with van der Waals surface area (Å²) in [7, 11) is 0. The van der Waals surface area contributed by atoms with Gasteiger partial charge in [0.05, 0.1) is 0 Å². The van der Waals surface area contributed by atoms with E-state index in [1.807, 2.05) is 0 Å². The van der Waals surface area contributed by atoms with Crippen LogP contribution in [0, 0.1) is 19.8 Å². The SMILES string of the molecule is Cc1cc(C)c2c(c1)OC(C)(C)CC2NCCC(C)C. The summed E-state index contributed by atoms with van der Waals surface area (Å²) < 4.78 is 6.20. The molecule has 1 N–H and O–H groups in total. The van der Waals surface area contributed by atoms with E-state index in [-0.39, 0.29) is 5.60 Å². The van der Waals surface area contributed by atoms with Crippen LogP contribution >= 0.6 is 0 Å². The molecular weight excluding hydrogens is 246 g/mol. The highest BCUT2D eigenvalue weighted by molar-refractivity contribution is 5.47. The van der Waals surface area contributed by atoms with E-state index in [0.29, 0.717) is 6.04 Å². The summed E-state index contributed by atoms with van der Waals surface area (Å²) in [6.07, 6.45) is 2.25. The Morgan fingerprint density at radius 3 is 2.65 bits per heavy atom. The maximum Gasteiger partial charge on any atom is 0.125 e. The molecule has 2 rings (SSSR count). The van der Waals surface area contributed by atoms with Crippen LogP contribution < -0.4 is 10.1 Å². The Hall–Kier alpha value is -1.02. The first-order chi connectivity index (χ1) is 9.28. The predicted molar refractivity (Wildman–Crippen MR) is 85.4 cm³/mol. The topological polar surface area (TPSA) is 21.3 Å². The van der Waals surface area contributed by atoms with Crippen molar-refractivity contribution >= 4 is 0 Å². The molecule has 0 aromatic heterocycles. The second kappa shape index (κ2) is 5.77. The molecule has 1 aromatic carbocycles. The molecule has 0 bridgehead atoms. The molecule has 1 aliphatic heterocycles. The minimum absolute atomic E-state index is 0.0945. The van der Waals surface area contributed by atoms with Gasteiger partial charge >= 0.3 is 0 Å². The first kappa shape index (κ1) is 15.4. The number of ether oxygens (including phenoxy) is 1. The van der Waals surface area contributed by atoms with Crippen molar-refractivity contribution in [2.75, 3.05) is 6.54 Å². The van der Waals surface area contributed by atoms with Gasteiger partial charge in [-0.25, -0.2) is 0 Å². The first-order valence-electron chi connectivity index (χ1n) is 7.82. The Labute approximate surface area is 123 Å². The van der Waals surface area contributed by atoms with Crippen LogP contribution in [0.1, 0.15) is 63.3 Å². The van der Waals surface area contributed by atoms with Crippen molar-refractivity contribution in [2.24, 2.45) is 5.92 Å². The molecule has 0 amide bonds. The van der Waals surface area contributed by atoms with Crippen molar-refractivity contribution in [2.45, 2.75) is 66.0 Å². The highest BCUT2D eigenvalue weighted by Crippen LogP contribution is 2.41. The lowest BCUT2D eigenvalue weighted by Crippen LogP contribution is -2.40. The predicted octanol–water partition coefficient (Wildman–Crippen LogP) is 4.54. The van der Waals surface area contributed by atoms with Gasteiger partial charge in [-0.2, -0.15) is 0 Å². The molecular formula is C18H29NO. The lowest BCUT2D eigenvalue weighted by Gasteiger charge is -2.39. The Bertz CT molecular complexity index is 477. The lowest BCUT2D eigenvalue weighted by molar-refractivity contribution is 0.0655. The summed E-state index contributed by atoms with van der Waals surface area (Å²) in [5.74, 6) is 1.81. The molecule has 0 spiro atoms. The quantitative estimate of drug-likeness (QED) is 0.871. The van der Waals surface area contributed by atoms with E-state index in [9.17, 15) is 0 Å². The summed E-state index contributed by atoms with van der Waals surface area (Å²) in [4.78, 5) is 0. The fourth-order valence-corrected chi connectivity index (χ4v) is 3.12. The van der Waals surface area contributed by atoms with E-state index in [1.54, 1.807) is 0 Å². The third-order valence-electron chi connectivity index (χ3n) is 4.04. The average molecular weight is 275 g/mol. The number of nitrogens with one attached hydrogen (secondary N) is 1.